The van der Waals surface area contributed by atoms with Crippen LogP contribution in [-0.2, 0) is 10.2 Å². The fraction of sp³-hybridized carbons (Fsp3) is 0.250. The monoisotopic (exact) mass is 318 g/mol. The first-order valence-corrected chi connectivity index (χ1v) is 8.51. The van der Waals surface area contributed by atoms with Gasteiger partial charge >= 0.3 is 10.2 Å². The molecule has 2 aromatic carbocycles. The molecule has 0 atom stereocenters. The molecule has 0 aliphatic carbocycles. The van der Waals surface area contributed by atoms with Crippen molar-refractivity contribution >= 4 is 21.6 Å². The van der Waals surface area contributed by atoms with Crippen LogP contribution in [0.2, 0.25) is 0 Å². The van der Waals surface area contributed by atoms with Gasteiger partial charge in [0.15, 0.2) is 0 Å². The van der Waals surface area contributed by atoms with E-state index in [1.165, 1.54) is 4.31 Å². The minimum absolute atomic E-state index is 0.289. The van der Waals surface area contributed by atoms with Gasteiger partial charge in [-0.05, 0) is 43.2 Å². The Morgan fingerprint density at radius 1 is 1.14 bits per heavy atom. The Kier molecular flexibility index (Phi) is 3.70. The molecule has 116 valence electrons. The third-order valence-electron chi connectivity index (χ3n) is 3.61. The summed E-state index contributed by atoms with van der Waals surface area (Å²) in [5, 5.41) is 0. The van der Waals surface area contributed by atoms with E-state index in [9.17, 15) is 8.42 Å². The van der Waals surface area contributed by atoms with Gasteiger partial charge in [0.05, 0.1) is 17.9 Å². The maximum atomic E-state index is 12.7. The van der Waals surface area contributed by atoms with Crippen molar-refractivity contribution < 1.29 is 13.2 Å². The van der Waals surface area contributed by atoms with Crippen molar-refractivity contribution in [1.82, 2.24) is 0 Å². The minimum atomic E-state index is -3.69. The molecule has 1 heterocycles. The molecule has 0 aromatic heterocycles. The van der Waals surface area contributed by atoms with E-state index in [0.717, 1.165) is 11.1 Å². The predicted octanol–water partition coefficient (Wildman–Crippen LogP) is 2.86. The van der Waals surface area contributed by atoms with Crippen LogP contribution in [0.1, 0.15) is 11.1 Å². The molecule has 0 fully saturated rings. The summed E-state index contributed by atoms with van der Waals surface area (Å²) in [6.07, 6.45) is 0. The lowest BCUT2D eigenvalue weighted by atomic mass is 10.1. The molecule has 22 heavy (non-hydrogen) atoms. The third-order valence-corrected chi connectivity index (χ3v) is 5.05. The smallest absolute Gasteiger partial charge is 0.324 e. The summed E-state index contributed by atoms with van der Waals surface area (Å²) in [5.74, 6) is 0.583. The van der Waals surface area contributed by atoms with Gasteiger partial charge in [-0.3, -0.25) is 4.72 Å². The number of nitrogens with one attached hydrogen (secondary N) is 1. The van der Waals surface area contributed by atoms with Gasteiger partial charge in [-0.25, -0.2) is 4.31 Å². The Morgan fingerprint density at radius 2 is 1.91 bits per heavy atom. The Labute approximate surface area is 130 Å². The van der Waals surface area contributed by atoms with E-state index in [0.29, 0.717) is 23.7 Å². The molecule has 0 saturated heterocycles. The zero-order chi connectivity index (χ0) is 15.7. The van der Waals surface area contributed by atoms with E-state index in [1.54, 1.807) is 18.2 Å². The average molecular weight is 318 g/mol. The maximum absolute atomic E-state index is 12.7. The number of para-hydroxylation sites is 2. The highest BCUT2D eigenvalue weighted by Crippen LogP contribution is 2.33. The summed E-state index contributed by atoms with van der Waals surface area (Å²) in [7, 11) is -3.69. The number of nitrogens with zero attached hydrogens (tertiary/aromatic N) is 1. The average Bonchev–Trinajstić information content (AvgIpc) is 2.50. The summed E-state index contributed by atoms with van der Waals surface area (Å²) >= 11 is 0. The van der Waals surface area contributed by atoms with Crippen molar-refractivity contribution in [2.24, 2.45) is 0 Å². The molecule has 0 unspecified atom stereocenters. The number of aryl methyl sites for hydroxylation is 2. The molecule has 0 spiro atoms. The van der Waals surface area contributed by atoms with Crippen LogP contribution in [0.5, 0.6) is 5.75 Å². The van der Waals surface area contributed by atoms with E-state index in [-0.39, 0.29) is 6.54 Å². The molecule has 3 rings (SSSR count). The summed E-state index contributed by atoms with van der Waals surface area (Å²) in [5.41, 5.74) is 3.05. The number of ether oxygens (including phenoxy) is 1. The fourth-order valence-electron chi connectivity index (χ4n) is 2.43. The summed E-state index contributed by atoms with van der Waals surface area (Å²) in [4.78, 5) is 0. The van der Waals surface area contributed by atoms with Crippen molar-refractivity contribution in [1.29, 1.82) is 0 Å². The van der Waals surface area contributed by atoms with Gasteiger partial charge in [-0.1, -0.05) is 24.3 Å². The van der Waals surface area contributed by atoms with Crippen molar-refractivity contribution in [3.8, 4) is 5.75 Å². The van der Waals surface area contributed by atoms with Crippen molar-refractivity contribution in [2.75, 3.05) is 22.2 Å². The Morgan fingerprint density at radius 3 is 2.73 bits per heavy atom. The van der Waals surface area contributed by atoms with Gasteiger partial charge in [0, 0.05) is 0 Å². The molecular weight excluding hydrogens is 300 g/mol. The minimum Gasteiger partial charge on any atom is -0.489 e. The zero-order valence-corrected chi connectivity index (χ0v) is 13.4. The Hall–Kier alpha value is -2.21. The number of fused-ring (bicyclic) bond motifs is 1. The van der Waals surface area contributed by atoms with Crippen LogP contribution >= 0.6 is 0 Å². The van der Waals surface area contributed by atoms with E-state index in [2.05, 4.69) is 4.72 Å². The SMILES string of the molecule is Cc1ccc(C)c(NS(=O)(=O)N2CCOc3ccccc32)c1. The molecule has 2 aromatic rings. The van der Waals surface area contributed by atoms with Crippen LogP contribution in [0.25, 0.3) is 0 Å². The summed E-state index contributed by atoms with van der Waals surface area (Å²) in [6, 6.07) is 12.8. The second-order valence-electron chi connectivity index (χ2n) is 5.31. The molecule has 1 aliphatic rings. The van der Waals surface area contributed by atoms with Crippen LogP contribution < -0.4 is 13.8 Å². The zero-order valence-electron chi connectivity index (χ0n) is 12.5. The lowest BCUT2D eigenvalue weighted by Crippen LogP contribution is -2.41. The van der Waals surface area contributed by atoms with E-state index >= 15 is 0 Å². The van der Waals surface area contributed by atoms with Gasteiger partial charge in [-0.2, -0.15) is 8.42 Å². The number of anilines is 2. The number of hydrogen-bond acceptors (Lipinski definition) is 3. The second kappa shape index (κ2) is 5.53. The molecular formula is C16H18N2O3S. The standard InChI is InChI=1S/C16H18N2O3S/c1-12-7-8-13(2)14(11-12)17-22(19,20)18-9-10-21-16-6-4-3-5-15(16)18/h3-8,11,17H,9-10H2,1-2H3. The molecule has 0 amide bonds. The number of hydrogen-bond donors (Lipinski definition) is 1. The van der Waals surface area contributed by atoms with Gasteiger partial charge in [0.2, 0.25) is 0 Å². The van der Waals surface area contributed by atoms with Crippen LogP contribution in [0.15, 0.2) is 42.5 Å². The fourth-order valence-corrected chi connectivity index (χ4v) is 3.77. The van der Waals surface area contributed by atoms with Gasteiger partial charge in [0.25, 0.3) is 0 Å². The first-order valence-electron chi connectivity index (χ1n) is 7.07. The largest absolute Gasteiger partial charge is 0.489 e. The van der Waals surface area contributed by atoms with Crippen molar-refractivity contribution in [3.05, 3.63) is 53.6 Å². The van der Waals surface area contributed by atoms with Gasteiger partial charge in [-0.15, -0.1) is 0 Å². The van der Waals surface area contributed by atoms with Gasteiger partial charge in [0.1, 0.15) is 12.4 Å². The molecule has 0 radical (unpaired) electrons. The Balaban J connectivity index is 1.96. The lowest BCUT2D eigenvalue weighted by Gasteiger charge is -2.30. The van der Waals surface area contributed by atoms with Gasteiger partial charge < -0.3 is 4.74 Å². The normalized spacial score (nSPS) is 14.2. The number of benzene rings is 2. The van der Waals surface area contributed by atoms with Crippen LogP contribution in [0.3, 0.4) is 0 Å². The molecule has 1 aliphatic heterocycles. The molecule has 5 nitrogen and oxygen atoms in total. The molecule has 0 saturated carbocycles. The van der Waals surface area contributed by atoms with E-state index < -0.39 is 10.2 Å². The summed E-state index contributed by atoms with van der Waals surface area (Å²) in [6.45, 7) is 4.44. The van der Waals surface area contributed by atoms with Crippen LogP contribution in [0.4, 0.5) is 11.4 Å². The predicted molar refractivity (Wildman–Crippen MR) is 87.7 cm³/mol. The second-order valence-corrected chi connectivity index (χ2v) is 6.91. The number of rotatable bonds is 3. The topological polar surface area (TPSA) is 58.6 Å². The lowest BCUT2D eigenvalue weighted by molar-refractivity contribution is 0.316. The van der Waals surface area contributed by atoms with Crippen LogP contribution in [-0.4, -0.2) is 21.6 Å². The van der Waals surface area contributed by atoms with Crippen LogP contribution in [0, 0.1) is 13.8 Å². The molecule has 0 bridgehead atoms. The Bertz CT molecular complexity index is 803. The first kappa shape index (κ1) is 14.7. The van der Waals surface area contributed by atoms with Crippen molar-refractivity contribution in [2.45, 2.75) is 13.8 Å². The highest BCUT2D eigenvalue weighted by atomic mass is 32.2. The molecule has 1 N–H and O–H groups in total. The third kappa shape index (κ3) is 2.74. The maximum Gasteiger partial charge on any atom is 0.324 e. The highest BCUT2D eigenvalue weighted by molar-refractivity contribution is 7.94. The summed E-state index contributed by atoms with van der Waals surface area (Å²) < 4.78 is 35.0. The first-order chi connectivity index (χ1) is 10.5. The molecule has 6 heteroatoms. The van der Waals surface area contributed by atoms with E-state index in [1.807, 2.05) is 38.1 Å². The highest BCUT2D eigenvalue weighted by Gasteiger charge is 2.28. The van der Waals surface area contributed by atoms with E-state index in [4.69, 9.17) is 4.74 Å². The quantitative estimate of drug-likeness (QED) is 0.946. The van der Waals surface area contributed by atoms with Crippen molar-refractivity contribution in [3.63, 3.8) is 0 Å².